The fraction of sp³-hybridized carbons (Fsp3) is 0.733. The second-order valence-electron chi connectivity index (χ2n) is 5.62. The zero-order chi connectivity index (χ0) is 12.2. The molecule has 16 heavy (non-hydrogen) atoms. The van der Waals surface area contributed by atoms with Gasteiger partial charge in [-0.25, -0.2) is 0 Å². The van der Waals surface area contributed by atoms with Gasteiger partial charge in [0.05, 0.1) is 5.60 Å². The summed E-state index contributed by atoms with van der Waals surface area (Å²) in [6.07, 6.45) is 9.50. The van der Waals surface area contributed by atoms with Crippen molar-refractivity contribution in [2.75, 3.05) is 0 Å². The molecule has 0 aromatic carbocycles. The maximum atomic E-state index is 10.6. The number of rotatable bonds is 4. The molecule has 1 unspecified atom stereocenters. The lowest BCUT2D eigenvalue weighted by molar-refractivity contribution is -0.0234. The summed E-state index contributed by atoms with van der Waals surface area (Å²) in [6.45, 7) is 8.61. The van der Waals surface area contributed by atoms with E-state index in [1.54, 1.807) is 0 Å². The molecule has 1 N–H and O–H groups in total. The van der Waals surface area contributed by atoms with Crippen molar-refractivity contribution in [3.63, 3.8) is 0 Å². The molecule has 0 saturated carbocycles. The second-order valence-corrected chi connectivity index (χ2v) is 5.62. The zero-order valence-corrected chi connectivity index (χ0v) is 11.2. The van der Waals surface area contributed by atoms with E-state index in [9.17, 15) is 5.11 Å². The van der Waals surface area contributed by atoms with E-state index in [0.29, 0.717) is 5.92 Å². The first-order valence-electron chi connectivity index (χ1n) is 6.45. The van der Waals surface area contributed by atoms with Gasteiger partial charge in [-0.15, -0.1) is 0 Å². The molecule has 0 aromatic heterocycles. The van der Waals surface area contributed by atoms with Gasteiger partial charge in [0.25, 0.3) is 0 Å². The van der Waals surface area contributed by atoms with E-state index in [1.807, 2.05) is 0 Å². The van der Waals surface area contributed by atoms with Crippen molar-refractivity contribution >= 4 is 0 Å². The highest BCUT2D eigenvalue weighted by molar-refractivity contribution is 5.09. The number of allylic oxidation sites excluding steroid dienone is 3. The van der Waals surface area contributed by atoms with Gasteiger partial charge in [-0.3, -0.25) is 0 Å². The Morgan fingerprint density at radius 1 is 1.56 bits per heavy atom. The van der Waals surface area contributed by atoms with E-state index >= 15 is 0 Å². The van der Waals surface area contributed by atoms with Crippen LogP contribution in [0.5, 0.6) is 0 Å². The molecule has 1 aliphatic carbocycles. The van der Waals surface area contributed by atoms with Crippen molar-refractivity contribution in [3.05, 3.63) is 23.3 Å². The van der Waals surface area contributed by atoms with Crippen LogP contribution in [0.25, 0.3) is 0 Å². The summed E-state index contributed by atoms with van der Waals surface area (Å²) in [5, 5.41) is 10.6. The molecular formula is C15H26O. The predicted molar refractivity (Wildman–Crippen MR) is 70.4 cm³/mol. The van der Waals surface area contributed by atoms with Crippen molar-refractivity contribution < 1.29 is 5.11 Å². The van der Waals surface area contributed by atoms with Crippen LogP contribution in [0, 0.1) is 5.92 Å². The summed E-state index contributed by atoms with van der Waals surface area (Å²) in [5.41, 5.74) is 2.36. The Kier molecular flexibility index (Phi) is 4.79. The third-order valence-electron chi connectivity index (χ3n) is 3.83. The lowest BCUT2D eigenvalue weighted by atomic mass is 9.75. The molecule has 92 valence electrons. The molecule has 0 fully saturated rings. The van der Waals surface area contributed by atoms with Gasteiger partial charge < -0.3 is 5.11 Å². The average molecular weight is 222 g/mol. The van der Waals surface area contributed by atoms with Crippen LogP contribution in [0.1, 0.15) is 59.8 Å². The monoisotopic (exact) mass is 222 g/mol. The molecule has 0 amide bonds. The minimum atomic E-state index is -0.449. The first kappa shape index (κ1) is 13.5. The largest absolute Gasteiger partial charge is 0.389 e. The fourth-order valence-corrected chi connectivity index (χ4v) is 2.31. The van der Waals surface area contributed by atoms with Crippen LogP contribution < -0.4 is 0 Å². The molecule has 1 aliphatic rings. The van der Waals surface area contributed by atoms with E-state index < -0.39 is 5.60 Å². The van der Waals surface area contributed by atoms with Crippen molar-refractivity contribution in [2.24, 2.45) is 5.92 Å². The van der Waals surface area contributed by atoms with Crippen LogP contribution in [-0.2, 0) is 0 Å². The van der Waals surface area contributed by atoms with Crippen LogP contribution in [0.4, 0.5) is 0 Å². The molecule has 0 aliphatic heterocycles. The summed E-state index contributed by atoms with van der Waals surface area (Å²) in [4.78, 5) is 0. The van der Waals surface area contributed by atoms with Crippen molar-refractivity contribution in [3.8, 4) is 0 Å². The van der Waals surface area contributed by atoms with Crippen molar-refractivity contribution in [1.29, 1.82) is 0 Å². The fourth-order valence-electron chi connectivity index (χ4n) is 2.31. The molecular weight excluding hydrogens is 196 g/mol. The Morgan fingerprint density at radius 2 is 2.25 bits per heavy atom. The topological polar surface area (TPSA) is 20.2 Å². The molecule has 0 saturated heterocycles. The SMILES string of the molecule is CC(C)=CCCC(C)[C@@]1(O)CC=C(C)CC1. The third-order valence-corrected chi connectivity index (χ3v) is 3.83. The van der Waals surface area contributed by atoms with E-state index in [0.717, 1.165) is 32.1 Å². The first-order chi connectivity index (χ1) is 7.44. The van der Waals surface area contributed by atoms with Gasteiger partial charge in [-0.2, -0.15) is 0 Å². The van der Waals surface area contributed by atoms with Crippen molar-refractivity contribution in [1.82, 2.24) is 0 Å². The van der Waals surface area contributed by atoms with Gasteiger partial charge in [0.2, 0.25) is 0 Å². The minimum absolute atomic E-state index is 0.396. The maximum absolute atomic E-state index is 10.6. The van der Waals surface area contributed by atoms with Crippen LogP contribution in [-0.4, -0.2) is 10.7 Å². The third kappa shape index (κ3) is 3.79. The summed E-state index contributed by atoms with van der Waals surface area (Å²) < 4.78 is 0. The van der Waals surface area contributed by atoms with Gasteiger partial charge >= 0.3 is 0 Å². The quantitative estimate of drug-likeness (QED) is 0.706. The number of hydrogen-bond donors (Lipinski definition) is 1. The van der Waals surface area contributed by atoms with E-state index in [-0.39, 0.29) is 0 Å². The first-order valence-corrected chi connectivity index (χ1v) is 6.45. The summed E-state index contributed by atoms with van der Waals surface area (Å²) in [6, 6.07) is 0. The van der Waals surface area contributed by atoms with Crippen molar-refractivity contribution in [2.45, 2.75) is 65.4 Å². The second kappa shape index (κ2) is 5.67. The van der Waals surface area contributed by atoms with E-state index in [2.05, 4.69) is 39.8 Å². The molecule has 0 heterocycles. The van der Waals surface area contributed by atoms with E-state index in [4.69, 9.17) is 0 Å². The average Bonchev–Trinajstić information content (AvgIpc) is 2.22. The Labute approximate surface area is 100 Å². The van der Waals surface area contributed by atoms with Gasteiger partial charge in [-0.05, 0) is 58.8 Å². The predicted octanol–water partition coefficient (Wildman–Crippen LogP) is 4.23. The van der Waals surface area contributed by atoms with Gasteiger partial charge in [-0.1, -0.05) is 30.2 Å². The highest BCUT2D eigenvalue weighted by Crippen LogP contribution is 2.35. The Bertz CT molecular complexity index is 284. The summed E-state index contributed by atoms with van der Waals surface area (Å²) in [5.74, 6) is 0.396. The lowest BCUT2D eigenvalue weighted by Gasteiger charge is -2.36. The van der Waals surface area contributed by atoms with Crippen LogP contribution in [0.15, 0.2) is 23.3 Å². The van der Waals surface area contributed by atoms with Crippen LogP contribution in [0.3, 0.4) is 0 Å². The van der Waals surface area contributed by atoms with Gasteiger partial charge in [0.15, 0.2) is 0 Å². The van der Waals surface area contributed by atoms with Gasteiger partial charge in [0, 0.05) is 0 Å². The smallest absolute Gasteiger partial charge is 0.0710 e. The minimum Gasteiger partial charge on any atom is -0.389 e. The normalized spacial score (nSPS) is 27.2. The molecule has 0 spiro atoms. The van der Waals surface area contributed by atoms with Crippen LogP contribution >= 0.6 is 0 Å². The molecule has 0 bridgehead atoms. The number of hydrogen-bond acceptors (Lipinski definition) is 1. The molecule has 1 nitrogen and oxygen atoms in total. The molecule has 2 atom stereocenters. The lowest BCUT2D eigenvalue weighted by Crippen LogP contribution is -2.37. The standard InChI is InChI=1S/C15H26O/c1-12(2)6-5-7-14(4)15(16)10-8-13(3)9-11-15/h6,8,14,16H,5,7,9-11H2,1-4H3/t14?,15-/m1/s1. The Morgan fingerprint density at radius 3 is 2.75 bits per heavy atom. The molecule has 1 heteroatoms. The molecule has 0 aromatic rings. The molecule has 0 radical (unpaired) electrons. The summed E-state index contributed by atoms with van der Waals surface area (Å²) >= 11 is 0. The highest BCUT2D eigenvalue weighted by atomic mass is 16.3. The van der Waals surface area contributed by atoms with Crippen LogP contribution in [0.2, 0.25) is 0 Å². The summed E-state index contributed by atoms with van der Waals surface area (Å²) in [7, 11) is 0. The van der Waals surface area contributed by atoms with Gasteiger partial charge in [0.1, 0.15) is 0 Å². The van der Waals surface area contributed by atoms with E-state index in [1.165, 1.54) is 11.1 Å². The maximum Gasteiger partial charge on any atom is 0.0710 e. The molecule has 1 rings (SSSR count). The highest BCUT2D eigenvalue weighted by Gasteiger charge is 2.33. The Hall–Kier alpha value is -0.560. The Balaban J connectivity index is 2.47. The number of aliphatic hydroxyl groups is 1. The zero-order valence-electron chi connectivity index (χ0n) is 11.2.